The second-order valence-corrected chi connectivity index (χ2v) is 4.64. The van der Waals surface area contributed by atoms with Crippen LogP contribution in [0.1, 0.15) is 25.7 Å². The Balaban J connectivity index is 1.98. The third-order valence-electron chi connectivity index (χ3n) is 3.02. The lowest BCUT2D eigenvalue weighted by Gasteiger charge is -2.30. The molecule has 1 aromatic carbocycles. The molecule has 3 heteroatoms. The summed E-state index contributed by atoms with van der Waals surface area (Å²) in [4.78, 5) is 0. The molecule has 0 aromatic heterocycles. The van der Waals surface area contributed by atoms with Gasteiger partial charge in [0.2, 0.25) is 0 Å². The first-order chi connectivity index (χ1) is 7.25. The molecule has 82 valence electrons. The Morgan fingerprint density at radius 2 is 1.80 bits per heavy atom. The average Bonchev–Trinajstić information content (AvgIpc) is 2.25. The third kappa shape index (κ3) is 2.86. The van der Waals surface area contributed by atoms with Gasteiger partial charge < -0.3 is 11.1 Å². The molecule has 2 nitrogen and oxygen atoms in total. The second-order valence-electron chi connectivity index (χ2n) is 4.21. The fraction of sp³-hybridized carbons (Fsp3) is 0.500. The largest absolute Gasteiger partial charge is 0.381 e. The van der Waals surface area contributed by atoms with Crippen molar-refractivity contribution in [2.24, 2.45) is 5.73 Å². The lowest BCUT2D eigenvalue weighted by atomic mass is 9.91. The summed E-state index contributed by atoms with van der Waals surface area (Å²) in [6, 6.07) is 8.51. The maximum atomic E-state index is 6.07. The zero-order chi connectivity index (χ0) is 10.7. The molecule has 1 aliphatic rings. The molecule has 15 heavy (non-hydrogen) atoms. The quantitative estimate of drug-likeness (QED) is 0.811. The Bertz CT molecular complexity index is 310. The molecule has 1 fully saturated rings. The minimum absolute atomic E-state index is 0.287. The van der Waals surface area contributed by atoms with Crippen LogP contribution >= 0.6 is 11.6 Å². The molecule has 3 N–H and O–H groups in total. The van der Waals surface area contributed by atoms with E-state index >= 15 is 0 Å². The normalized spacial score (nSPS) is 26.3. The molecule has 2 atom stereocenters. The van der Waals surface area contributed by atoms with E-state index in [0.29, 0.717) is 6.04 Å². The molecule has 1 aromatic rings. The van der Waals surface area contributed by atoms with Crippen molar-refractivity contribution in [3.63, 3.8) is 0 Å². The molecular formula is C12H17ClN2. The van der Waals surface area contributed by atoms with Crippen LogP contribution in [0.2, 0.25) is 5.02 Å². The Hall–Kier alpha value is -0.730. The maximum Gasteiger partial charge on any atom is 0.0412 e. The summed E-state index contributed by atoms with van der Waals surface area (Å²) < 4.78 is 0. The van der Waals surface area contributed by atoms with E-state index in [1.807, 2.05) is 24.3 Å². The van der Waals surface area contributed by atoms with Gasteiger partial charge in [-0.3, -0.25) is 0 Å². The van der Waals surface area contributed by atoms with Crippen molar-refractivity contribution in [3.05, 3.63) is 29.3 Å². The van der Waals surface area contributed by atoms with Gasteiger partial charge in [0, 0.05) is 22.8 Å². The van der Waals surface area contributed by atoms with Gasteiger partial charge in [-0.05, 0) is 37.1 Å². The van der Waals surface area contributed by atoms with Gasteiger partial charge in [0.1, 0.15) is 0 Å². The zero-order valence-electron chi connectivity index (χ0n) is 8.75. The summed E-state index contributed by atoms with van der Waals surface area (Å²) >= 11 is 5.83. The van der Waals surface area contributed by atoms with Gasteiger partial charge in [-0.2, -0.15) is 0 Å². The van der Waals surface area contributed by atoms with Crippen LogP contribution in [0.3, 0.4) is 0 Å². The van der Waals surface area contributed by atoms with Crippen LogP contribution in [0.4, 0.5) is 5.69 Å². The summed E-state index contributed by atoms with van der Waals surface area (Å²) in [6.07, 6.45) is 4.84. The molecule has 0 aliphatic heterocycles. The van der Waals surface area contributed by atoms with Gasteiger partial charge in [-0.15, -0.1) is 0 Å². The van der Waals surface area contributed by atoms with Gasteiger partial charge in [-0.1, -0.05) is 24.4 Å². The van der Waals surface area contributed by atoms with E-state index in [9.17, 15) is 0 Å². The SMILES string of the molecule is N[C@H]1CCCC[C@@H]1Nc1ccc(Cl)cc1. The highest BCUT2D eigenvalue weighted by molar-refractivity contribution is 6.30. The molecule has 0 amide bonds. The minimum Gasteiger partial charge on any atom is -0.381 e. The van der Waals surface area contributed by atoms with Crippen LogP contribution in [0.5, 0.6) is 0 Å². The molecule has 0 spiro atoms. The number of nitrogens with one attached hydrogen (secondary N) is 1. The van der Waals surface area contributed by atoms with Crippen LogP contribution in [0.25, 0.3) is 0 Å². The average molecular weight is 225 g/mol. The zero-order valence-corrected chi connectivity index (χ0v) is 9.50. The number of nitrogens with two attached hydrogens (primary N) is 1. The maximum absolute atomic E-state index is 6.07. The van der Waals surface area contributed by atoms with E-state index in [2.05, 4.69) is 5.32 Å². The fourth-order valence-electron chi connectivity index (χ4n) is 2.10. The molecule has 0 radical (unpaired) electrons. The third-order valence-corrected chi connectivity index (χ3v) is 3.27. The van der Waals surface area contributed by atoms with E-state index in [4.69, 9.17) is 17.3 Å². The van der Waals surface area contributed by atoms with E-state index in [-0.39, 0.29) is 6.04 Å². The van der Waals surface area contributed by atoms with Crippen molar-refractivity contribution in [1.82, 2.24) is 0 Å². The number of benzene rings is 1. The van der Waals surface area contributed by atoms with E-state index in [1.54, 1.807) is 0 Å². The number of anilines is 1. The molecule has 1 saturated carbocycles. The predicted octanol–water partition coefficient (Wildman–Crippen LogP) is 3.02. The van der Waals surface area contributed by atoms with Gasteiger partial charge in [0.15, 0.2) is 0 Å². The van der Waals surface area contributed by atoms with Gasteiger partial charge >= 0.3 is 0 Å². The lowest BCUT2D eigenvalue weighted by Crippen LogP contribution is -2.42. The predicted molar refractivity (Wildman–Crippen MR) is 65.3 cm³/mol. The molecule has 0 saturated heterocycles. The van der Waals surface area contributed by atoms with Crippen LogP contribution in [0.15, 0.2) is 24.3 Å². The van der Waals surface area contributed by atoms with E-state index in [1.165, 1.54) is 19.3 Å². The number of hydrogen-bond donors (Lipinski definition) is 2. The Labute approximate surface area is 95.8 Å². The summed E-state index contributed by atoms with van der Waals surface area (Å²) in [6.45, 7) is 0. The highest BCUT2D eigenvalue weighted by Gasteiger charge is 2.21. The standard InChI is InChI=1S/C12H17ClN2/c13-9-5-7-10(8-6-9)15-12-4-2-1-3-11(12)14/h5-8,11-12,15H,1-4,14H2/t11-,12-/m0/s1. The van der Waals surface area contributed by atoms with Crippen molar-refractivity contribution in [3.8, 4) is 0 Å². The summed E-state index contributed by atoms with van der Waals surface area (Å²) in [5, 5.41) is 4.25. The summed E-state index contributed by atoms with van der Waals surface area (Å²) in [5.74, 6) is 0. The van der Waals surface area contributed by atoms with E-state index in [0.717, 1.165) is 17.1 Å². The smallest absolute Gasteiger partial charge is 0.0412 e. The van der Waals surface area contributed by atoms with Gasteiger partial charge in [-0.25, -0.2) is 0 Å². The highest BCUT2D eigenvalue weighted by Crippen LogP contribution is 2.21. The van der Waals surface area contributed by atoms with Gasteiger partial charge in [0.25, 0.3) is 0 Å². The van der Waals surface area contributed by atoms with Crippen LogP contribution in [-0.4, -0.2) is 12.1 Å². The number of hydrogen-bond acceptors (Lipinski definition) is 2. The van der Waals surface area contributed by atoms with Crippen LogP contribution in [0, 0.1) is 0 Å². The first-order valence-corrected chi connectivity index (χ1v) is 5.91. The highest BCUT2D eigenvalue weighted by atomic mass is 35.5. The Kier molecular flexibility index (Phi) is 3.49. The van der Waals surface area contributed by atoms with Crippen molar-refractivity contribution in [2.45, 2.75) is 37.8 Å². The Morgan fingerprint density at radius 3 is 2.47 bits per heavy atom. The van der Waals surface area contributed by atoms with Crippen LogP contribution in [-0.2, 0) is 0 Å². The van der Waals surface area contributed by atoms with Crippen molar-refractivity contribution < 1.29 is 0 Å². The van der Waals surface area contributed by atoms with Crippen molar-refractivity contribution >= 4 is 17.3 Å². The molecule has 0 heterocycles. The van der Waals surface area contributed by atoms with E-state index < -0.39 is 0 Å². The summed E-state index contributed by atoms with van der Waals surface area (Å²) in [5.41, 5.74) is 7.18. The molecular weight excluding hydrogens is 208 g/mol. The minimum atomic E-state index is 0.287. The molecule has 0 bridgehead atoms. The van der Waals surface area contributed by atoms with Gasteiger partial charge in [0.05, 0.1) is 0 Å². The summed E-state index contributed by atoms with van der Waals surface area (Å²) in [7, 11) is 0. The first kappa shape index (κ1) is 10.8. The molecule has 2 rings (SSSR count). The monoisotopic (exact) mass is 224 g/mol. The lowest BCUT2D eigenvalue weighted by molar-refractivity contribution is 0.404. The number of halogens is 1. The van der Waals surface area contributed by atoms with Crippen LogP contribution < -0.4 is 11.1 Å². The van der Waals surface area contributed by atoms with Crippen molar-refractivity contribution in [2.75, 3.05) is 5.32 Å². The number of rotatable bonds is 2. The molecule has 1 aliphatic carbocycles. The fourth-order valence-corrected chi connectivity index (χ4v) is 2.22. The Morgan fingerprint density at radius 1 is 1.13 bits per heavy atom. The first-order valence-electron chi connectivity index (χ1n) is 5.53. The molecule has 0 unspecified atom stereocenters. The second kappa shape index (κ2) is 4.86. The topological polar surface area (TPSA) is 38.0 Å². The van der Waals surface area contributed by atoms with Crippen molar-refractivity contribution in [1.29, 1.82) is 0 Å².